The third-order valence-electron chi connectivity index (χ3n) is 10.2. The number of hydrogen-bond acceptors (Lipinski definition) is 5. The fourth-order valence-electron chi connectivity index (χ4n) is 7.67. The summed E-state index contributed by atoms with van der Waals surface area (Å²) >= 11 is 0. The largest absolute Gasteiger partial charge is 0.416 e. The first-order valence-corrected chi connectivity index (χ1v) is 14.7. The first kappa shape index (κ1) is 27.6. The summed E-state index contributed by atoms with van der Waals surface area (Å²) in [5.41, 5.74) is 0.853. The highest BCUT2D eigenvalue weighted by molar-refractivity contribution is 6.10. The Labute approximate surface area is 243 Å². The minimum Gasteiger partial charge on any atom is -0.376 e. The lowest BCUT2D eigenvalue weighted by Crippen LogP contribution is -2.50. The predicted molar refractivity (Wildman–Crippen MR) is 151 cm³/mol. The molecule has 0 bridgehead atoms. The van der Waals surface area contributed by atoms with E-state index in [4.69, 9.17) is 4.74 Å². The Bertz CT molecular complexity index is 1570. The van der Waals surface area contributed by atoms with Gasteiger partial charge >= 0.3 is 6.18 Å². The standard InChI is InChI=1S/C32H36F3N5O2/c1-20-15-39(10-11-42-20)29(2,3)22-13-24-25(26(14-22)32(33,34)35)16-40(27(24)41)23-7-5-6-21(12-23)31(17-30(18-31)8-9-30)28-37-36-19-38(28)4/h5-7,12-14,19-20H,8-11,15-18H2,1-4H3/t20-/m1/s1. The van der Waals surface area contributed by atoms with Crippen LogP contribution in [0, 0.1) is 5.41 Å². The normalized spacial score (nSPS) is 23.3. The van der Waals surface area contributed by atoms with Gasteiger partial charge in [0.05, 0.1) is 30.2 Å². The van der Waals surface area contributed by atoms with Crippen LogP contribution in [0.3, 0.4) is 0 Å². The number of ether oxygens (including phenoxy) is 1. The van der Waals surface area contributed by atoms with Gasteiger partial charge in [-0.2, -0.15) is 13.2 Å². The number of rotatable bonds is 5. The van der Waals surface area contributed by atoms with Crippen LogP contribution in [-0.2, 0) is 35.5 Å². The number of fused-ring (bicyclic) bond motifs is 1. The highest BCUT2D eigenvalue weighted by Crippen LogP contribution is 2.70. The highest BCUT2D eigenvalue weighted by atomic mass is 19.4. The molecule has 1 saturated heterocycles. The quantitative estimate of drug-likeness (QED) is 0.382. The van der Waals surface area contributed by atoms with Crippen molar-refractivity contribution in [2.24, 2.45) is 12.5 Å². The summed E-state index contributed by atoms with van der Waals surface area (Å²) in [6.07, 6.45) is 1.42. The van der Waals surface area contributed by atoms with Crippen molar-refractivity contribution in [3.05, 3.63) is 76.4 Å². The van der Waals surface area contributed by atoms with Crippen molar-refractivity contribution in [3.8, 4) is 0 Å². The molecule has 7 rings (SSSR count). The Morgan fingerprint density at radius 1 is 1.10 bits per heavy atom. The number of aromatic nitrogens is 3. The van der Waals surface area contributed by atoms with Gasteiger partial charge in [0.2, 0.25) is 0 Å². The van der Waals surface area contributed by atoms with Crippen LogP contribution < -0.4 is 4.90 Å². The number of alkyl halides is 3. The highest BCUT2D eigenvalue weighted by Gasteiger charge is 2.63. The second kappa shape index (κ2) is 9.13. The van der Waals surface area contributed by atoms with Gasteiger partial charge < -0.3 is 14.2 Å². The first-order valence-electron chi connectivity index (χ1n) is 14.7. The number of carbonyl (C=O) groups is 1. The number of halogens is 3. The van der Waals surface area contributed by atoms with E-state index < -0.39 is 23.2 Å². The van der Waals surface area contributed by atoms with E-state index in [1.807, 2.05) is 56.7 Å². The molecule has 4 aliphatic rings. The maximum atomic E-state index is 14.5. The third kappa shape index (κ3) is 4.20. The molecule has 0 radical (unpaired) electrons. The van der Waals surface area contributed by atoms with Gasteiger partial charge in [-0.1, -0.05) is 12.1 Å². The van der Waals surface area contributed by atoms with Crippen LogP contribution in [0.4, 0.5) is 18.9 Å². The maximum Gasteiger partial charge on any atom is 0.416 e. The van der Waals surface area contributed by atoms with Crippen LogP contribution in [0.15, 0.2) is 42.7 Å². The van der Waals surface area contributed by atoms with Crippen molar-refractivity contribution < 1.29 is 22.7 Å². The van der Waals surface area contributed by atoms with Crippen molar-refractivity contribution in [3.63, 3.8) is 0 Å². The molecule has 42 heavy (non-hydrogen) atoms. The summed E-state index contributed by atoms with van der Waals surface area (Å²) in [6, 6.07) is 10.7. The SMILES string of the molecule is C[C@@H]1CN(C(C)(C)c2cc3c(c(C(F)(F)F)c2)CN(c2cccc(C4(c5nncn5C)CC5(CC5)C4)c2)C3=O)CCO1. The molecule has 3 fully saturated rings. The summed E-state index contributed by atoms with van der Waals surface area (Å²) in [6.45, 7) is 7.41. The Morgan fingerprint density at radius 2 is 1.86 bits per heavy atom. The Morgan fingerprint density at radius 3 is 2.50 bits per heavy atom. The lowest BCUT2D eigenvalue weighted by Gasteiger charge is -2.48. The molecule has 1 atom stereocenters. The van der Waals surface area contributed by atoms with Crippen LogP contribution in [0.2, 0.25) is 0 Å². The van der Waals surface area contributed by atoms with Gasteiger partial charge in [0.1, 0.15) is 12.2 Å². The van der Waals surface area contributed by atoms with Gasteiger partial charge in [0.15, 0.2) is 0 Å². The van der Waals surface area contributed by atoms with E-state index in [1.165, 1.54) is 23.8 Å². The van der Waals surface area contributed by atoms with Gasteiger partial charge in [0.25, 0.3) is 5.91 Å². The van der Waals surface area contributed by atoms with Crippen molar-refractivity contribution >= 4 is 11.6 Å². The fraction of sp³-hybridized carbons (Fsp3) is 0.531. The molecule has 1 amide bonds. The molecule has 2 aliphatic heterocycles. The number of amides is 1. The van der Waals surface area contributed by atoms with E-state index >= 15 is 0 Å². The van der Waals surface area contributed by atoms with Crippen molar-refractivity contribution in [1.29, 1.82) is 0 Å². The zero-order valence-corrected chi connectivity index (χ0v) is 24.5. The summed E-state index contributed by atoms with van der Waals surface area (Å²) in [5.74, 6) is 0.484. The second-order valence-corrected chi connectivity index (χ2v) is 13.4. The molecule has 7 nitrogen and oxygen atoms in total. The Balaban J connectivity index is 1.26. The van der Waals surface area contributed by atoms with Gasteiger partial charge in [-0.15, -0.1) is 10.2 Å². The molecule has 10 heteroatoms. The van der Waals surface area contributed by atoms with Crippen LogP contribution in [0.1, 0.15) is 84.9 Å². The zero-order valence-electron chi connectivity index (χ0n) is 24.5. The fourth-order valence-corrected chi connectivity index (χ4v) is 7.67. The molecule has 2 aromatic carbocycles. The Hall–Kier alpha value is -3.24. The number of anilines is 1. The summed E-state index contributed by atoms with van der Waals surface area (Å²) in [7, 11) is 1.94. The van der Waals surface area contributed by atoms with Crippen LogP contribution in [-0.4, -0.2) is 51.4 Å². The average Bonchev–Trinajstić information content (AvgIpc) is 3.49. The van der Waals surface area contributed by atoms with Crippen molar-refractivity contribution in [2.75, 3.05) is 24.6 Å². The van der Waals surface area contributed by atoms with Gasteiger partial charge in [-0.3, -0.25) is 9.69 Å². The predicted octanol–water partition coefficient (Wildman–Crippen LogP) is 5.81. The molecule has 1 spiro atoms. The Kier molecular flexibility index (Phi) is 6.00. The van der Waals surface area contributed by atoms with E-state index in [0.29, 0.717) is 36.4 Å². The molecule has 2 saturated carbocycles. The summed E-state index contributed by atoms with van der Waals surface area (Å²) in [4.78, 5) is 17.6. The lowest BCUT2D eigenvalue weighted by atomic mass is 9.56. The topological polar surface area (TPSA) is 63.5 Å². The van der Waals surface area contributed by atoms with Crippen LogP contribution in [0.25, 0.3) is 0 Å². The first-order chi connectivity index (χ1) is 19.8. The van der Waals surface area contributed by atoms with E-state index in [-0.39, 0.29) is 29.2 Å². The maximum absolute atomic E-state index is 14.5. The molecule has 1 aromatic heterocycles. The van der Waals surface area contributed by atoms with Crippen LogP contribution in [0.5, 0.6) is 0 Å². The third-order valence-corrected chi connectivity index (χ3v) is 10.2. The number of carbonyl (C=O) groups excluding carboxylic acids is 1. The van der Waals surface area contributed by atoms with Gasteiger partial charge in [0, 0.05) is 36.9 Å². The molecule has 2 aliphatic carbocycles. The molecule has 3 heterocycles. The molecular formula is C32H36F3N5O2. The molecule has 3 aromatic rings. The van der Waals surface area contributed by atoms with Crippen LogP contribution >= 0.6 is 0 Å². The molecular weight excluding hydrogens is 543 g/mol. The zero-order chi connectivity index (χ0) is 29.7. The molecule has 0 unspecified atom stereocenters. The number of hydrogen-bond donors (Lipinski definition) is 0. The smallest absolute Gasteiger partial charge is 0.376 e. The van der Waals surface area contributed by atoms with Crippen molar-refractivity contribution in [2.45, 2.75) is 76.2 Å². The monoisotopic (exact) mass is 579 g/mol. The van der Waals surface area contributed by atoms with E-state index in [9.17, 15) is 18.0 Å². The molecule has 222 valence electrons. The number of nitrogens with zero attached hydrogens (tertiary/aromatic N) is 5. The minimum atomic E-state index is -4.59. The summed E-state index contributed by atoms with van der Waals surface area (Å²) in [5, 5.41) is 8.60. The summed E-state index contributed by atoms with van der Waals surface area (Å²) < 4.78 is 51.2. The van der Waals surface area contributed by atoms with E-state index in [1.54, 1.807) is 12.4 Å². The minimum absolute atomic E-state index is 0.0192. The van der Waals surface area contributed by atoms with Gasteiger partial charge in [-0.25, -0.2) is 0 Å². The lowest BCUT2D eigenvalue weighted by molar-refractivity contribution is -0.138. The average molecular weight is 580 g/mol. The number of aryl methyl sites for hydroxylation is 1. The number of benzene rings is 2. The number of morpholine rings is 1. The second-order valence-electron chi connectivity index (χ2n) is 13.4. The van der Waals surface area contributed by atoms with Gasteiger partial charge in [-0.05, 0) is 92.8 Å². The van der Waals surface area contributed by atoms with Crippen molar-refractivity contribution in [1.82, 2.24) is 19.7 Å². The molecule has 0 N–H and O–H groups in total. The van der Waals surface area contributed by atoms with E-state index in [2.05, 4.69) is 15.1 Å². The van der Waals surface area contributed by atoms with E-state index in [0.717, 1.165) is 24.2 Å².